The SMILES string of the molecule is CCCCN1CC(OC(=O)NC(C)C)C1. The van der Waals surface area contributed by atoms with Gasteiger partial charge in [0.25, 0.3) is 0 Å². The Morgan fingerprint density at radius 1 is 1.53 bits per heavy atom. The second-order valence-corrected chi connectivity index (χ2v) is 4.44. The maximum absolute atomic E-state index is 11.2. The summed E-state index contributed by atoms with van der Waals surface area (Å²) < 4.78 is 5.22. The summed E-state index contributed by atoms with van der Waals surface area (Å²) in [6, 6.07) is 0.147. The van der Waals surface area contributed by atoms with Crippen molar-refractivity contribution in [3.8, 4) is 0 Å². The van der Waals surface area contributed by atoms with Gasteiger partial charge in [0.05, 0.1) is 0 Å². The van der Waals surface area contributed by atoms with Crippen molar-refractivity contribution in [2.24, 2.45) is 0 Å². The van der Waals surface area contributed by atoms with Gasteiger partial charge in [0.1, 0.15) is 6.10 Å². The summed E-state index contributed by atoms with van der Waals surface area (Å²) in [6.45, 7) is 8.95. The fourth-order valence-electron chi connectivity index (χ4n) is 1.58. The molecule has 1 aliphatic rings. The van der Waals surface area contributed by atoms with Gasteiger partial charge in [-0.1, -0.05) is 13.3 Å². The summed E-state index contributed by atoms with van der Waals surface area (Å²) in [5.74, 6) is 0. The lowest BCUT2D eigenvalue weighted by Crippen LogP contribution is -2.54. The number of hydrogen-bond acceptors (Lipinski definition) is 3. The lowest BCUT2D eigenvalue weighted by atomic mass is 10.1. The highest BCUT2D eigenvalue weighted by atomic mass is 16.6. The molecule has 1 rings (SSSR count). The molecule has 1 N–H and O–H groups in total. The Morgan fingerprint density at radius 3 is 2.73 bits per heavy atom. The van der Waals surface area contributed by atoms with Crippen LogP contribution < -0.4 is 5.32 Å². The van der Waals surface area contributed by atoms with Crippen molar-refractivity contribution < 1.29 is 9.53 Å². The Kier molecular flexibility index (Phi) is 4.88. The molecular formula is C11H22N2O2. The van der Waals surface area contributed by atoms with Gasteiger partial charge in [-0.15, -0.1) is 0 Å². The fourth-order valence-corrected chi connectivity index (χ4v) is 1.58. The predicted molar refractivity (Wildman–Crippen MR) is 59.9 cm³/mol. The first-order chi connectivity index (χ1) is 7.11. The van der Waals surface area contributed by atoms with E-state index in [1.807, 2.05) is 13.8 Å². The molecule has 0 spiro atoms. The third-order valence-electron chi connectivity index (χ3n) is 2.43. The second-order valence-electron chi connectivity index (χ2n) is 4.44. The Labute approximate surface area is 92.0 Å². The molecule has 0 aliphatic carbocycles. The number of ether oxygens (including phenoxy) is 1. The number of carbonyl (C=O) groups excluding carboxylic acids is 1. The third-order valence-corrected chi connectivity index (χ3v) is 2.43. The van der Waals surface area contributed by atoms with E-state index in [1.54, 1.807) is 0 Å². The van der Waals surface area contributed by atoms with E-state index >= 15 is 0 Å². The van der Waals surface area contributed by atoms with E-state index in [9.17, 15) is 4.79 Å². The van der Waals surface area contributed by atoms with E-state index in [0.717, 1.165) is 19.6 Å². The zero-order valence-electron chi connectivity index (χ0n) is 9.95. The number of nitrogens with one attached hydrogen (secondary N) is 1. The number of hydrogen-bond donors (Lipinski definition) is 1. The van der Waals surface area contributed by atoms with Gasteiger partial charge >= 0.3 is 6.09 Å². The molecule has 1 fully saturated rings. The number of rotatable bonds is 5. The van der Waals surface area contributed by atoms with Crippen LogP contribution in [0.15, 0.2) is 0 Å². The molecule has 88 valence electrons. The maximum Gasteiger partial charge on any atom is 0.407 e. The Bertz CT molecular complexity index is 201. The van der Waals surface area contributed by atoms with Gasteiger partial charge in [-0.25, -0.2) is 4.79 Å². The summed E-state index contributed by atoms with van der Waals surface area (Å²) >= 11 is 0. The molecule has 1 amide bonds. The van der Waals surface area contributed by atoms with Crippen molar-refractivity contribution in [3.63, 3.8) is 0 Å². The van der Waals surface area contributed by atoms with E-state index in [0.29, 0.717) is 0 Å². The summed E-state index contributed by atoms with van der Waals surface area (Å²) in [7, 11) is 0. The lowest BCUT2D eigenvalue weighted by Gasteiger charge is -2.38. The molecule has 0 saturated carbocycles. The Hall–Kier alpha value is -0.770. The Morgan fingerprint density at radius 2 is 2.20 bits per heavy atom. The van der Waals surface area contributed by atoms with Crippen molar-refractivity contribution in [2.75, 3.05) is 19.6 Å². The monoisotopic (exact) mass is 214 g/mol. The molecule has 1 aliphatic heterocycles. The van der Waals surface area contributed by atoms with Gasteiger partial charge in [-0.2, -0.15) is 0 Å². The quantitative estimate of drug-likeness (QED) is 0.756. The number of likely N-dealkylation sites (tertiary alicyclic amines) is 1. The largest absolute Gasteiger partial charge is 0.444 e. The minimum Gasteiger partial charge on any atom is -0.444 e. The molecule has 0 atom stereocenters. The summed E-state index contributed by atoms with van der Waals surface area (Å²) in [4.78, 5) is 13.5. The van der Waals surface area contributed by atoms with Gasteiger partial charge in [-0.05, 0) is 26.8 Å². The first kappa shape index (κ1) is 12.3. The zero-order chi connectivity index (χ0) is 11.3. The van der Waals surface area contributed by atoms with E-state index in [1.165, 1.54) is 12.8 Å². The van der Waals surface area contributed by atoms with Crippen LogP contribution in [0.25, 0.3) is 0 Å². The predicted octanol–water partition coefficient (Wildman–Crippen LogP) is 1.61. The topological polar surface area (TPSA) is 41.6 Å². The van der Waals surface area contributed by atoms with Gasteiger partial charge in [0.15, 0.2) is 0 Å². The van der Waals surface area contributed by atoms with Crippen LogP contribution >= 0.6 is 0 Å². The molecule has 15 heavy (non-hydrogen) atoms. The van der Waals surface area contributed by atoms with Crippen LogP contribution in [0.2, 0.25) is 0 Å². The van der Waals surface area contributed by atoms with Crippen LogP contribution in [0.1, 0.15) is 33.6 Å². The van der Waals surface area contributed by atoms with Gasteiger partial charge in [0, 0.05) is 19.1 Å². The molecule has 0 aromatic carbocycles. The average Bonchev–Trinajstić information content (AvgIpc) is 2.07. The standard InChI is InChI=1S/C11H22N2O2/c1-4-5-6-13-7-10(8-13)15-11(14)12-9(2)3/h9-10H,4-8H2,1-3H3,(H,12,14). The van der Waals surface area contributed by atoms with Crippen LogP contribution in [0.3, 0.4) is 0 Å². The number of unbranched alkanes of at least 4 members (excludes halogenated alkanes) is 1. The molecule has 4 heteroatoms. The first-order valence-electron chi connectivity index (χ1n) is 5.81. The van der Waals surface area contributed by atoms with E-state index in [-0.39, 0.29) is 18.2 Å². The summed E-state index contributed by atoms with van der Waals surface area (Å²) in [5.41, 5.74) is 0. The number of nitrogens with zero attached hydrogens (tertiary/aromatic N) is 1. The van der Waals surface area contributed by atoms with Gasteiger partial charge in [0.2, 0.25) is 0 Å². The molecular weight excluding hydrogens is 192 g/mol. The van der Waals surface area contributed by atoms with Crippen molar-refractivity contribution in [2.45, 2.75) is 45.8 Å². The number of alkyl carbamates (subject to hydrolysis) is 1. The van der Waals surface area contributed by atoms with Crippen LogP contribution in [0.4, 0.5) is 4.79 Å². The van der Waals surface area contributed by atoms with Crippen LogP contribution in [-0.2, 0) is 4.74 Å². The molecule has 1 saturated heterocycles. The molecule has 0 radical (unpaired) electrons. The van der Waals surface area contributed by atoms with E-state index < -0.39 is 0 Å². The second kappa shape index (κ2) is 5.95. The van der Waals surface area contributed by atoms with Crippen LogP contribution in [0.5, 0.6) is 0 Å². The zero-order valence-corrected chi connectivity index (χ0v) is 9.95. The molecule has 0 aromatic heterocycles. The minimum absolute atomic E-state index is 0.0978. The fraction of sp³-hybridized carbons (Fsp3) is 0.909. The summed E-state index contributed by atoms with van der Waals surface area (Å²) in [6.07, 6.45) is 2.26. The van der Waals surface area contributed by atoms with Crippen molar-refractivity contribution in [1.82, 2.24) is 10.2 Å². The van der Waals surface area contributed by atoms with Gasteiger partial charge in [-0.3, -0.25) is 4.90 Å². The number of amides is 1. The molecule has 0 aromatic rings. The highest BCUT2D eigenvalue weighted by molar-refractivity contribution is 5.67. The van der Waals surface area contributed by atoms with Crippen LogP contribution in [-0.4, -0.2) is 42.8 Å². The van der Waals surface area contributed by atoms with Crippen molar-refractivity contribution in [3.05, 3.63) is 0 Å². The number of carbonyl (C=O) groups is 1. The maximum atomic E-state index is 11.2. The minimum atomic E-state index is -0.287. The summed E-state index contributed by atoms with van der Waals surface area (Å²) in [5, 5.41) is 2.72. The first-order valence-corrected chi connectivity index (χ1v) is 5.81. The highest BCUT2D eigenvalue weighted by Crippen LogP contribution is 2.12. The normalized spacial score (nSPS) is 17.6. The average molecular weight is 214 g/mol. The molecule has 4 nitrogen and oxygen atoms in total. The van der Waals surface area contributed by atoms with Crippen molar-refractivity contribution >= 4 is 6.09 Å². The third kappa shape index (κ3) is 4.51. The van der Waals surface area contributed by atoms with E-state index in [2.05, 4.69) is 17.1 Å². The Balaban J connectivity index is 2.04. The molecule has 0 bridgehead atoms. The van der Waals surface area contributed by atoms with Gasteiger partial charge < -0.3 is 10.1 Å². The highest BCUT2D eigenvalue weighted by Gasteiger charge is 2.29. The van der Waals surface area contributed by atoms with Crippen LogP contribution in [0, 0.1) is 0 Å². The lowest BCUT2D eigenvalue weighted by molar-refractivity contribution is -0.0139. The van der Waals surface area contributed by atoms with E-state index in [4.69, 9.17) is 4.74 Å². The smallest absolute Gasteiger partial charge is 0.407 e. The van der Waals surface area contributed by atoms with Crippen molar-refractivity contribution in [1.29, 1.82) is 0 Å². The molecule has 1 heterocycles. The molecule has 0 unspecified atom stereocenters.